The van der Waals surface area contributed by atoms with E-state index in [1.807, 2.05) is 0 Å². The van der Waals surface area contributed by atoms with E-state index < -0.39 is 5.82 Å². The van der Waals surface area contributed by atoms with E-state index in [2.05, 4.69) is 15.8 Å². The molecule has 2 N–H and O–H groups in total. The van der Waals surface area contributed by atoms with Crippen LogP contribution in [0.4, 0.5) is 4.39 Å². The number of benzene rings is 1. The van der Waals surface area contributed by atoms with E-state index in [-0.39, 0.29) is 29.8 Å². The molecule has 0 unspecified atom stereocenters. The van der Waals surface area contributed by atoms with Crippen LogP contribution in [0.5, 0.6) is 0 Å². The standard InChI is InChI=1S/C23H21ClFN5O2/c1-29-27-12-16-9-20-18(21(16)28-29)10-17(24)6-7-30(20)23(32)14-4-5-15(19(25)8-14)11-26-22(31)13-2-3-13/h4-8,10,12-13,28H,2-3,9,11H2,1H3,(H,26,31). The van der Waals surface area contributed by atoms with Gasteiger partial charge in [0, 0.05) is 65.1 Å². The minimum absolute atomic E-state index is 0.0522. The second-order valence-electron chi connectivity index (χ2n) is 8.14. The third-order valence-electron chi connectivity index (χ3n) is 5.80. The first-order chi connectivity index (χ1) is 15.4. The van der Waals surface area contributed by atoms with Gasteiger partial charge in [-0.15, -0.1) is 0 Å². The number of hydrogen-bond donors (Lipinski definition) is 2. The highest BCUT2D eigenvalue weighted by Gasteiger charge is 2.32. The molecular weight excluding hydrogens is 433 g/mol. The lowest BCUT2D eigenvalue weighted by molar-refractivity contribution is -0.122. The van der Waals surface area contributed by atoms with Crippen molar-refractivity contribution in [3.63, 3.8) is 0 Å². The molecule has 9 heteroatoms. The lowest BCUT2D eigenvalue weighted by atomic mass is 10.1. The van der Waals surface area contributed by atoms with Gasteiger partial charge in [0.25, 0.3) is 5.91 Å². The minimum atomic E-state index is -0.532. The molecule has 1 saturated carbocycles. The fraction of sp³-hybridized carbons (Fsp3) is 0.261. The topological polar surface area (TPSA) is 77.0 Å². The van der Waals surface area contributed by atoms with Gasteiger partial charge in [0.15, 0.2) is 0 Å². The highest BCUT2D eigenvalue weighted by atomic mass is 35.5. The van der Waals surface area contributed by atoms with Crippen LogP contribution in [-0.2, 0) is 11.3 Å². The first-order valence-corrected chi connectivity index (χ1v) is 10.7. The van der Waals surface area contributed by atoms with E-state index in [1.54, 1.807) is 48.9 Å². The van der Waals surface area contributed by atoms with Crippen molar-refractivity contribution >= 4 is 29.6 Å². The third kappa shape index (κ3) is 3.82. The summed E-state index contributed by atoms with van der Waals surface area (Å²) < 4.78 is 14.7. The van der Waals surface area contributed by atoms with Crippen molar-refractivity contribution in [2.24, 2.45) is 11.0 Å². The van der Waals surface area contributed by atoms with Crippen molar-refractivity contribution in [1.29, 1.82) is 0 Å². The Balaban J connectivity index is 1.39. The molecule has 2 heterocycles. The van der Waals surface area contributed by atoms with Gasteiger partial charge >= 0.3 is 0 Å². The zero-order valence-corrected chi connectivity index (χ0v) is 18.1. The molecule has 1 fully saturated rings. The predicted molar refractivity (Wildman–Crippen MR) is 118 cm³/mol. The maximum Gasteiger partial charge on any atom is 0.262 e. The molecule has 32 heavy (non-hydrogen) atoms. The van der Waals surface area contributed by atoms with Crippen molar-refractivity contribution in [2.45, 2.75) is 25.8 Å². The van der Waals surface area contributed by atoms with E-state index in [1.165, 1.54) is 11.0 Å². The highest BCUT2D eigenvalue weighted by Crippen LogP contribution is 2.38. The number of amides is 2. The van der Waals surface area contributed by atoms with E-state index in [9.17, 15) is 14.0 Å². The van der Waals surface area contributed by atoms with Crippen LogP contribution in [0.2, 0.25) is 0 Å². The van der Waals surface area contributed by atoms with Crippen LogP contribution in [0.1, 0.15) is 35.2 Å². The smallest absolute Gasteiger partial charge is 0.262 e. The van der Waals surface area contributed by atoms with E-state index in [0.29, 0.717) is 17.0 Å². The van der Waals surface area contributed by atoms with Crippen molar-refractivity contribution < 1.29 is 14.0 Å². The average molecular weight is 454 g/mol. The van der Waals surface area contributed by atoms with Gasteiger partial charge in [-0.1, -0.05) is 17.7 Å². The minimum Gasteiger partial charge on any atom is -0.352 e. The van der Waals surface area contributed by atoms with Gasteiger partial charge in [0.05, 0.1) is 11.9 Å². The van der Waals surface area contributed by atoms with Crippen LogP contribution < -0.4 is 10.7 Å². The van der Waals surface area contributed by atoms with Crippen molar-refractivity contribution in [3.8, 4) is 0 Å². The Morgan fingerprint density at radius 2 is 2.16 bits per heavy atom. The summed E-state index contributed by atoms with van der Waals surface area (Å²) in [5.41, 5.74) is 7.03. The summed E-state index contributed by atoms with van der Waals surface area (Å²) in [5.74, 6) is -0.896. The quantitative estimate of drug-likeness (QED) is 0.733. The third-order valence-corrected chi connectivity index (χ3v) is 6.03. The van der Waals surface area contributed by atoms with Crippen molar-refractivity contribution in [3.05, 3.63) is 81.1 Å². The number of hydrazone groups is 1. The number of nitrogens with zero attached hydrogens (tertiary/aromatic N) is 3. The number of carbonyl (C=O) groups is 2. The number of hydrazine groups is 1. The summed E-state index contributed by atoms with van der Waals surface area (Å²) in [4.78, 5) is 26.7. The van der Waals surface area contributed by atoms with Crippen LogP contribution in [-0.4, -0.2) is 35.1 Å². The Bertz CT molecular complexity index is 1180. The number of halogens is 2. The fourth-order valence-electron chi connectivity index (χ4n) is 3.89. The Hall–Kier alpha value is -3.39. The number of nitrogens with one attached hydrogen (secondary N) is 2. The fourth-order valence-corrected chi connectivity index (χ4v) is 4.05. The molecule has 0 saturated heterocycles. The summed E-state index contributed by atoms with van der Waals surface area (Å²) in [5, 5.41) is 9.02. The molecule has 0 aromatic heterocycles. The van der Waals surface area contributed by atoms with Gasteiger partial charge in [-0.05, 0) is 37.1 Å². The van der Waals surface area contributed by atoms with Crippen LogP contribution in [0, 0.1) is 11.7 Å². The Labute approximate surface area is 189 Å². The largest absolute Gasteiger partial charge is 0.352 e. The van der Waals surface area contributed by atoms with Crippen molar-refractivity contribution in [1.82, 2.24) is 20.8 Å². The van der Waals surface area contributed by atoms with Crippen molar-refractivity contribution in [2.75, 3.05) is 7.05 Å². The van der Waals surface area contributed by atoms with Gasteiger partial charge in [0.2, 0.25) is 5.91 Å². The molecule has 0 bridgehead atoms. The van der Waals surface area contributed by atoms with Gasteiger partial charge in [-0.2, -0.15) is 5.10 Å². The maximum absolute atomic E-state index is 14.7. The first-order valence-electron chi connectivity index (χ1n) is 10.4. The SMILES string of the molecule is CN1N=CC2=C(N1)C1=C(C2)N(C(=O)c2ccc(CNC(=O)C3CC3)c(F)c2)C=CC(Cl)=C1. The summed E-state index contributed by atoms with van der Waals surface area (Å²) in [7, 11) is 1.78. The van der Waals surface area contributed by atoms with Crippen LogP contribution >= 0.6 is 11.6 Å². The number of fused-ring (bicyclic) bond motifs is 1. The zero-order chi connectivity index (χ0) is 22.4. The van der Waals surface area contributed by atoms with Gasteiger partial charge < -0.3 is 5.32 Å². The molecular formula is C23H21ClFN5O2. The second-order valence-corrected chi connectivity index (χ2v) is 8.57. The molecule has 2 aliphatic heterocycles. The second kappa shape index (κ2) is 7.94. The lowest BCUT2D eigenvalue weighted by Gasteiger charge is -2.22. The Kier molecular flexibility index (Phi) is 5.09. The summed E-state index contributed by atoms with van der Waals surface area (Å²) in [6.45, 7) is 0.100. The highest BCUT2D eigenvalue weighted by molar-refractivity contribution is 6.31. The Morgan fingerprint density at radius 1 is 1.34 bits per heavy atom. The van der Waals surface area contributed by atoms with E-state index >= 15 is 0 Å². The molecule has 1 aromatic rings. The van der Waals surface area contributed by atoms with Gasteiger partial charge in [-0.3, -0.25) is 19.9 Å². The molecule has 0 atom stereocenters. The van der Waals surface area contributed by atoms with Crippen LogP contribution in [0.15, 0.2) is 69.2 Å². The molecule has 7 nitrogen and oxygen atoms in total. The number of allylic oxidation sites excluding steroid dienone is 4. The van der Waals surface area contributed by atoms with Gasteiger partial charge in [0.1, 0.15) is 5.82 Å². The van der Waals surface area contributed by atoms with Crippen LogP contribution in [0.25, 0.3) is 0 Å². The average Bonchev–Trinajstić information content (AvgIpc) is 3.58. The van der Waals surface area contributed by atoms with E-state index in [0.717, 1.165) is 35.4 Å². The molecule has 2 amide bonds. The Morgan fingerprint density at radius 3 is 2.91 bits per heavy atom. The monoisotopic (exact) mass is 453 g/mol. The first kappa shape index (κ1) is 20.5. The molecule has 0 spiro atoms. The molecule has 1 aromatic carbocycles. The number of carbonyl (C=O) groups excluding carboxylic acids is 2. The number of rotatable bonds is 4. The molecule has 4 aliphatic rings. The maximum atomic E-state index is 14.7. The lowest BCUT2D eigenvalue weighted by Crippen LogP contribution is -2.33. The number of hydrogen-bond acceptors (Lipinski definition) is 5. The summed E-state index contributed by atoms with van der Waals surface area (Å²) >= 11 is 6.31. The molecule has 2 aliphatic carbocycles. The van der Waals surface area contributed by atoms with Crippen LogP contribution in [0.3, 0.4) is 0 Å². The van der Waals surface area contributed by atoms with Gasteiger partial charge in [-0.25, -0.2) is 9.51 Å². The zero-order valence-electron chi connectivity index (χ0n) is 17.4. The molecule has 164 valence electrons. The van der Waals surface area contributed by atoms with E-state index in [4.69, 9.17) is 11.6 Å². The molecule has 0 radical (unpaired) electrons. The summed E-state index contributed by atoms with van der Waals surface area (Å²) in [6.07, 6.45) is 9.05. The molecule has 5 rings (SSSR count). The normalized spacial score (nSPS) is 19.4. The summed E-state index contributed by atoms with van der Waals surface area (Å²) in [6, 6.07) is 4.33. The predicted octanol–water partition coefficient (Wildman–Crippen LogP) is 3.29.